The van der Waals surface area contributed by atoms with E-state index in [-0.39, 0.29) is 11.3 Å². The largest absolute Gasteiger partial charge is 0.507 e. The number of rotatable bonds is 11. The number of benzene rings is 2. The molecule has 0 aliphatic heterocycles. The number of thioether (sulfide) groups is 1. The molecule has 2 unspecified atom stereocenters. The normalized spacial score (nSPS) is 12.8. The number of nitrogens with one attached hydrogen (secondary N) is 2. The fraction of sp³-hybridized carbons (Fsp3) is 0.483. The minimum absolute atomic E-state index is 0.0772. The number of hydrogen-bond donors (Lipinski definition) is 3. The standard InChI is InChI=1S/C29H41N3O6S/c1-18(2)32(27(35)23(16-17-39-8)31-28(36)38-29(4,5)6)24(22-11-9-10-19(3)25(22)33)26(34)30-20-12-14-21(37-7)15-13-20/h9-15,18,23-24,33H,16-17H2,1-8H3,(H,30,34)(H,31,36). The second-order valence-corrected chi connectivity index (χ2v) is 11.4. The monoisotopic (exact) mass is 559 g/mol. The van der Waals surface area contributed by atoms with Crippen LogP contribution >= 0.6 is 11.8 Å². The lowest BCUT2D eigenvalue weighted by molar-refractivity contribution is -0.143. The Kier molecular flexibility index (Phi) is 11.5. The maximum absolute atomic E-state index is 14.1. The molecular formula is C29H41N3O6S. The van der Waals surface area contributed by atoms with Gasteiger partial charge >= 0.3 is 6.09 Å². The first-order valence-electron chi connectivity index (χ1n) is 12.8. The number of nitrogens with zero attached hydrogens (tertiary/aromatic N) is 1. The highest BCUT2D eigenvalue weighted by molar-refractivity contribution is 7.98. The Hall–Kier alpha value is -3.40. The van der Waals surface area contributed by atoms with Crippen molar-refractivity contribution in [3.63, 3.8) is 0 Å². The molecule has 0 saturated heterocycles. The van der Waals surface area contributed by atoms with Crippen molar-refractivity contribution in [2.45, 2.75) is 71.7 Å². The molecule has 3 amide bonds. The maximum Gasteiger partial charge on any atom is 0.408 e. The van der Waals surface area contributed by atoms with Crippen LogP contribution in [0.2, 0.25) is 0 Å². The molecule has 0 saturated carbocycles. The van der Waals surface area contributed by atoms with E-state index in [1.54, 1.807) is 91.1 Å². The van der Waals surface area contributed by atoms with Crippen molar-refractivity contribution in [2.24, 2.45) is 0 Å². The van der Waals surface area contributed by atoms with Crippen LogP contribution in [0.1, 0.15) is 58.2 Å². The van der Waals surface area contributed by atoms with Gasteiger partial charge in [0.25, 0.3) is 5.91 Å². The number of carbonyl (C=O) groups excluding carboxylic acids is 3. The lowest BCUT2D eigenvalue weighted by Gasteiger charge is -2.37. The number of alkyl carbamates (subject to hydrolysis) is 1. The number of methoxy groups -OCH3 is 1. The van der Waals surface area contributed by atoms with Gasteiger partial charge in [-0.25, -0.2) is 4.79 Å². The summed E-state index contributed by atoms with van der Waals surface area (Å²) in [6.07, 6.45) is 1.52. The summed E-state index contributed by atoms with van der Waals surface area (Å²) in [6, 6.07) is 9.30. The minimum Gasteiger partial charge on any atom is -0.507 e. The van der Waals surface area contributed by atoms with E-state index in [0.717, 1.165) is 0 Å². The Morgan fingerprint density at radius 3 is 2.26 bits per heavy atom. The highest BCUT2D eigenvalue weighted by Crippen LogP contribution is 2.34. The lowest BCUT2D eigenvalue weighted by atomic mass is 9.97. The van der Waals surface area contributed by atoms with Gasteiger partial charge in [-0.15, -0.1) is 0 Å². The topological polar surface area (TPSA) is 117 Å². The fourth-order valence-electron chi connectivity index (χ4n) is 4.01. The molecule has 10 heteroatoms. The summed E-state index contributed by atoms with van der Waals surface area (Å²) in [4.78, 5) is 42.0. The number of para-hydroxylation sites is 1. The van der Waals surface area contributed by atoms with Crippen molar-refractivity contribution >= 4 is 35.4 Å². The van der Waals surface area contributed by atoms with Crippen molar-refractivity contribution in [1.82, 2.24) is 10.2 Å². The third-order valence-corrected chi connectivity index (χ3v) is 6.50. The Morgan fingerprint density at radius 1 is 1.08 bits per heavy atom. The van der Waals surface area contributed by atoms with Gasteiger partial charge in [0.2, 0.25) is 5.91 Å². The number of ether oxygens (including phenoxy) is 2. The lowest BCUT2D eigenvalue weighted by Crippen LogP contribution is -2.54. The van der Waals surface area contributed by atoms with Gasteiger partial charge in [0.05, 0.1) is 7.11 Å². The van der Waals surface area contributed by atoms with Gasteiger partial charge in [-0.2, -0.15) is 11.8 Å². The van der Waals surface area contributed by atoms with Crippen LogP contribution in [-0.2, 0) is 14.3 Å². The molecule has 0 fully saturated rings. The highest BCUT2D eigenvalue weighted by Gasteiger charge is 2.39. The minimum atomic E-state index is -1.18. The van der Waals surface area contributed by atoms with E-state index in [1.165, 1.54) is 16.7 Å². The first kappa shape index (κ1) is 31.8. The summed E-state index contributed by atoms with van der Waals surface area (Å²) in [5.74, 6) is 0.178. The van der Waals surface area contributed by atoms with Crippen LogP contribution in [0.5, 0.6) is 11.5 Å². The van der Waals surface area contributed by atoms with E-state index < -0.39 is 41.6 Å². The predicted molar refractivity (Wildman–Crippen MR) is 155 cm³/mol. The predicted octanol–water partition coefficient (Wildman–Crippen LogP) is 5.27. The number of phenolic OH excluding ortho intramolecular Hbond substituents is 1. The first-order chi connectivity index (χ1) is 18.3. The molecule has 214 valence electrons. The molecule has 3 N–H and O–H groups in total. The van der Waals surface area contributed by atoms with E-state index in [2.05, 4.69) is 10.6 Å². The van der Waals surface area contributed by atoms with Crippen molar-refractivity contribution in [1.29, 1.82) is 0 Å². The molecule has 0 aliphatic rings. The molecule has 0 aromatic heterocycles. The zero-order valence-corrected chi connectivity index (χ0v) is 24.8. The van der Waals surface area contributed by atoms with Crippen molar-refractivity contribution in [3.8, 4) is 11.5 Å². The Bertz CT molecular complexity index is 1130. The number of phenols is 1. The quantitative estimate of drug-likeness (QED) is 0.343. The molecule has 2 atom stereocenters. The van der Waals surface area contributed by atoms with Crippen molar-refractivity contribution < 1.29 is 29.0 Å². The second kappa shape index (κ2) is 14.1. The van der Waals surface area contributed by atoms with Crippen LogP contribution in [0.15, 0.2) is 42.5 Å². The Morgan fingerprint density at radius 2 is 1.72 bits per heavy atom. The zero-order valence-electron chi connectivity index (χ0n) is 24.0. The van der Waals surface area contributed by atoms with Gasteiger partial charge in [0.15, 0.2) is 0 Å². The van der Waals surface area contributed by atoms with Crippen LogP contribution in [0, 0.1) is 6.92 Å². The summed E-state index contributed by atoms with van der Waals surface area (Å²) < 4.78 is 10.6. The van der Waals surface area contributed by atoms with Gasteiger partial charge in [-0.05, 0) is 89.8 Å². The summed E-state index contributed by atoms with van der Waals surface area (Å²) in [5.41, 5.74) is 0.601. The zero-order chi connectivity index (χ0) is 29.3. The Balaban J connectivity index is 2.54. The highest BCUT2D eigenvalue weighted by atomic mass is 32.2. The van der Waals surface area contributed by atoms with Gasteiger partial charge in [-0.3, -0.25) is 9.59 Å². The first-order valence-corrected chi connectivity index (χ1v) is 14.2. The molecule has 2 aromatic carbocycles. The number of aryl methyl sites for hydroxylation is 1. The fourth-order valence-corrected chi connectivity index (χ4v) is 4.48. The SMILES string of the molecule is COc1ccc(NC(=O)C(c2cccc(C)c2O)N(C(=O)C(CCSC)NC(=O)OC(C)(C)C)C(C)C)cc1. The molecular weight excluding hydrogens is 518 g/mol. The van der Waals surface area contributed by atoms with E-state index in [4.69, 9.17) is 9.47 Å². The van der Waals surface area contributed by atoms with Crippen molar-refractivity contribution in [3.05, 3.63) is 53.6 Å². The third kappa shape index (κ3) is 9.09. The van der Waals surface area contributed by atoms with E-state index >= 15 is 0 Å². The van der Waals surface area contributed by atoms with Gasteiger partial charge < -0.3 is 30.1 Å². The molecule has 39 heavy (non-hydrogen) atoms. The van der Waals surface area contributed by atoms with Crippen LogP contribution in [-0.4, -0.2) is 64.7 Å². The molecule has 0 spiro atoms. The third-order valence-electron chi connectivity index (χ3n) is 5.86. The second-order valence-electron chi connectivity index (χ2n) is 10.5. The number of anilines is 1. The van der Waals surface area contributed by atoms with Crippen LogP contribution in [0.25, 0.3) is 0 Å². The van der Waals surface area contributed by atoms with Crippen LogP contribution < -0.4 is 15.4 Å². The van der Waals surface area contributed by atoms with Crippen LogP contribution in [0.4, 0.5) is 10.5 Å². The number of carbonyl (C=O) groups is 3. The van der Waals surface area contributed by atoms with Gasteiger partial charge in [0, 0.05) is 17.3 Å². The number of hydrogen-bond acceptors (Lipinski definition) is 7. The van der Waals surface area contributed by atoms with E-state index in [1.807, 2.05) is 6.26 Å². The molecule has 0 aliphatic carbocycles. The maximum atomic E-state index is 14.1. The average Bonchev–Trinajstić information content (AvgIpc) is 2.85. The van der Waals surface area contributed by atoms with Gasteiger partial charge in [-0.1, -0.05) is 18.2 Å². The average molecular weight is 560 g/mol. The molecule has 9 nitrogen and oxygen atoms in total. The molecule has 2 rings (SSSR count). The number of aromatic hydroxyl groups is 1. The van der Waals surface area contributed by atoms with E-state index in [9.17, 15) is 19.5 Å². The van der Waals surface area contributed by atoms with E-state index in [0.29, 0.717) is 29.2 Å². The molecule has 2 aromatic rings. The Labute approximate surface area is 235 Å². The van der Waals surface area contributed by atoms with Gasteiger partial charge in [0.1, 0.15) is 29.2 Å². The summed E-state index contributed by atoms with van der Waals surface area (Å²) in [6.45, 7) is 10.5. The van der Waals surface area contributed by atoms with Crippen molar-refractivity contribution in [2.75, 3.05) is 24.4 Å². The molecule has 0 bridgehead atoms. The molecule has 0 heterocycles. The summed E-state index contributed by atoms with van der Waals surface area (Å²) >= 11 is 1.54. The summed E-state index contributed by atoms with van der Waals surface area (Å²) in [7, 11) is 1.55. The summed E-state index contributed by atoms with van der Waals surface area (Å²) in [5, 5.41) is 16.6. The number of amides is 3. The molecule has 0 radical (unpaired) electrons. The smallest absolute Gasteiger partial charge is 0.408 e. The van der Waals surface area contributed by atoms with Crippen LogP contribution in [0.3, 0.4) is 0 Å².